The van der Waals surface area contributed by atoms with E-state index in [0.29, 0.717) is 6.07 Å². The molecular weight excluding hydrogens is 281 g/mol. The molecule has 0 aromatic carbocycles. The third-order valence-electron chi connectivity index (χ3n) is 1.46. The summed E-state index contributed by atoms with van der Waals surface area (Å²) >= 11 is 0.169. The second-order valence-corrected chi connectivity index (χ2v) is 4.54. The maximum atomic E-state index is 13.2. The van der Waals surface area contributed by atoms with Crippen LogP contribution in [0, 0.1) is 5.82 Å². The highest BCUT2D eigenvalue weighted by Crippen LogP contribution is 2.23. The quantitative estimate of drug-likeness (QED) is 0.264. The van der Waals surface area contributed by atoms with E-state index in [1.807, 2.05) is 0 Å². The maximum Gasteiger partial charge on any atom is 0.313 e. The zero-order valence-electron chi connectivity index (χ0n) is 7.73. The van der Waals surface area contributed by atoms with Crippen LogP contribution in [0.1, 0.15) is 10.4 Å². The van der Waals surface area contributed by atoms with E-state index in [1.165, 1.54) is 0 Å². The maximum absolute atomic E-state index is 13.2. The average Bonchev–Trinajstić information content (AvgIpc) is 2.24. The Kier molecular flexibility index (Phi) is 4.50. The zero-order valence-corrected chi connectivity index (χ0v) is 9.37. The van der Waals surface area contributed by atoms with E-state index in [1.54, 1.807) is 0 Å². The molecule has 0 radical (unpaired) electrons. The summed E-state index contributed by atoms with van der Waals surface area (Å²) in [5, 5.41) is 9.48. The number of hydrogen-bond acceptors (Lipinski definition) is 8. The van der Waals surface area contributed by atoms with Crippen LogP contribution >= 0.6 is 12.0 Å². The van der Waals surface area contributed by atoms with Crippen molar-refractivity contribution in [2.75, 3.05) is 0 Å². The van der Waals surface area contributed by atoms with E-state index in [0.717, 1.165) is 0 Å². The predicted octanol–water partition coefficient (Wildman–Crippen LogP) is 0.708. The molecule has 8 nitrogen and oxygen atoms in total. The number of aldehydes is 1. The molecule has 0 atom stereocenters. The number of carbonyl (C=O) groups is 1. The average molecular weight is 285 g/mol. The van der Waals surface area contributed by atoms with Crippen molar-refractivity contribution in [1.29, 1.82) is 0 Å². The second-order valence-electron chi connectivity index (χ2n) is 2.48. The van der Waals surface area contributed by atoms with Crippen LogP contribution in [-0.4, -0.2) is 29.5 Å². The summed E-state index contributed by atoms with van der Waals surface area (Å²) in [4.78, 5) is 13.7. The lowest BCUT2D eigenvalue weighted by atomic mass is 10.3. The highest BCUT2D eigenvalue weighted by atomic mass is 32.2. The summed E-state index contributed by atoms with van der Waals surface area (Å²) in [7, 11) is -4.87. The first-order chi connectivity index (χ1) is 7.90. The molecule has 0 bridgehead atoms. The minimum Gasteiger partial charge on any atom is -0.298 e. The molecule has 0 aliphatic carbocycles. The van der Waals surface area contributed by atoms with Gasteiger partial charge >= 0.3 is 10.1 Å². The van der Waals surface area contributed by atoms with Crippen LogP contribution in [0.2, 0.25) is 0 Å². The number of pyridine rings is 1. The van der Waals surface area contributed by atoms with Crippen molar-refractivity contribution in [1.82, 2.24) is 4.98 Å². The van der Waals surface area contributed by atoms with Gasteiger partial charge in [0, 0.05) is 6.07 Å². The Morgan fingerprint density at radius 3 is 2.65 bits per heavy atom. The van der Waals surface area contributed by atoms with Gasteiger partial charge in [-0.25, -0.2) is 14.6 Å². The molecule has 1 rings (SSSR count). The van der Waals surface area contributed by atoms with Gasteiger partial charge in [-0.3, -0.25) is 9.35 Å². The van der Waals surface area contributed by atoms with Crippen LogP contribution in [0.3, 0.4) is 0 Å². The molecule has 0 aliphatic heterocycles. The Hall–Kier alpha value is -1.11. The molecule has 11 heteroatoms. The Morgan fingerprint density at radius 1 is 1.53 bits per heavy atom. The molecule has 17 heavy (non-hydrogen) atoms. The minimum atomic E-state index is -4.87. The van der Waals surface area contributed by atoms with Crippen molar-refractivity contribution in [2.24, 2.45) is 0 Å². The van der Waals surface area contributed by atoms with Crippen molar-refractivity contribution in [2.45, 2.75) is 10.1 Å². The van der Waals surface area contributed by atoms with Gasteiger partial charge in [-0.2, -0.15) is 8.42 Å². The zero-order chi connectivity index (χ0) is 13.1. The summed E-state index contributed by atoms with van der Waals surface area (Å²) in [5.41, 5.74) is -0.915. The number of aromatic nitrogens is 1. The summed E-state index contributed by atoms with van der Waals surface area (Å²) in [6.45, 7) is 0. The highest BCUT2D eigenvalue weighted by molar-refractivity contribution is 7.94. The first-order valence-electron chi connectivity index (χ1n) is 3.68. The topological polar surface area (TPSA) is 123 Å². The standard InChI is InChI=1S/C6H4FNO7S2/c7-4-1-5(16-15-14-10)8-6(3(4)2-9)17(11,12)13/h1-2,10H,(H,11,12,13). The fourth-order valence-electron chi connectivity index (χ4n) is 0.877. The van der Waals surface area contributed by atoms with Crippen LogP contribution in [0.5, 0.6) is 0 Å². The van der Waals surface area contributed by atoms with Crippen molar-refractivity contribution in [3.63, 3.8) is 0 Å². The molecule has 1 aromatic heterocycles. The molecule has 2 N–H and O–H groups in total. The molecule has 0 saturated carbocycles. The highest BCUT2D eigenvalue weighted by Gasteiger charge is 2.22. The van der Waals surface area contributed by atoms with Crippen LogP contribution in [0.25, 0.3) is 0 Å². The van der Waals surface area contributed by atoms with Gasteiger partial charge in [0.25, 0.3) is 0 Å². The lowest BCUT2D eigenvalue weighted by molar-refractivity contribution is -0.432. The molecule has 1 aromatic rings. The largest absolute Gasteiger partial charge is 0.313 e. The Morgan fingerprint density at radius 2 is 2.18 bits per heavy atom. The molecule has 1 heterocycles. The van der Waals surface area contributed by atoms with Crippen LogP contribution < -0.4 is 0 Å². The van der Waals surface area contributed by atoms with E-state index in [-0.39, 0.29) is 18.3 Å². The summed E-state index contributed by atoms with van der Waals surface area (Å²) in [5.74, 6) is -1.23. The number of carbonyl (C=O) groups excluding carboxylic acids is 1. The van der Waals surface area contributed by atoms with Gasteiger partial charge in [0.15, 0.2) is 11.3 Å². The van der Waals surface area contributed by atoms with E-state index < -0.39 is 31.6 Å². The van der Waals surface area contributed by atoms with Crippen molar-refractivity contribution >= 4 is 28.4 Å². The smallest absolute Gasteiger partial charge is 0.298 e. The van der Waals surface area contributed by atoms with Crippen molar-refractivity contribution in [3.8, 4) is 0 Å². The van der Waals surface area contributed by atoms with Gasteiger partial charge in [0.1, 0.15) is 10.8 Å². The SMILES string of the molecule is O=Cc1c(F)cc(SOOO)nc1S(=O)(=O)O. The molecular formula is C6H4FNO7S2. The summed E-state index contributed by atoms with van der Waals surface area (Å²) in [6.07, 6.45) is -0.108. The molecule has 0 fully saturated rings. The lowest BCUT2D eigenvalue weighted by Crippen LogP contribution is -2.09. The van der Waals surface area contributed by atoms with E-state index in [4.69, 9.17) is 9.81 Å². The number of rotatable bonds is 5. The predicted molar refractivity (Wildman–Crippen MR) is 50.1 cm³/mol. The van der Waals surface area contributed by atoms with Crippen LogP contribution in [-0.2, 0) is 19.5 Å². The van der Waals surface area contributed by atoms with Gasteiger partial charge in [-0.05, 0) is 0 Å². The summed E-state index contributed by atoms with van der Waals surface area (Å²) < 4.78 is 47.5. The van der Waals surface area contributed by atoms with E-state index in [2.05, 4.69) is 14.4 Å². The third kappa shape index (κ3) is 3.42. The van der Waals surface area contributed by atoms with E-state index >= 15 is 0 Å². The fourth-order valence-corrected chi connectivity index (χ4v) is 1.95. The van der Waals surface area contributed by atoms with Gasteiger partial charge in [-0.1, -0.05) is 5.04 Å². The first-order valence-corrected chi connectivity index (χ1v) is 5.86. The van der Waals surface area contributed by atoms with Gasteiger partial charge in [-0.15, -0.1) is 4.33 Å². The van der Waals surface area contributed by atoms with Crippen molar-refractivity contribution < 1.29 is 36.8 Å². The Labute approximate surface area is 98.2 Å². The Balaban J connectivity index is 3.34. The molecule has 0 amide bonds. The molecule has 0 unspecified atom stereocenters. The normalized spacial score (nSPS) is 11.5. The monoisotopic (exact) mass is 285 g/mol. The fraction of sp³-hybridized carbons (Fsp3) is 0. The number of nitrogens with zero attached hydrogens (tertiary/aromatic N) is 1. The van der Waals surface area contributed by atoms with Crippen molar-refractivity contribution in [3.05, 3.63) is 17.4 Å². The number of hydrogen-bond donors (Lipinski definition) is 2. The van der Waals surface area contributed by atoms with Crippen LogP contribution in [0.4, 0.5) is 4.39 Å². The van der Waals surface area contributed by atoms with Crippen LogP contribution in [0.15, 0.2) is 16.1 Å². The molecule has 0 spiro atoms. The van der Waals surface area contributed by atoms with E-state index in [9.17, 15) is 17.6 Å². The molecule has 0 aliphatic rings. The number of halogens is 1. The molecule has 0 saturated heterocycles. The van der Waals surface area contributed by atoms with Gasteiger partial charge in [0.05, 0.1) is 17.6 Å². The Bertz CT molecular complexity index is 531. The summed E-state index contributed by atoms with van der Waals surface area (Å²) in [6, 6.07) is 0.655. The lowest BCUT2D eigenvalue weighted by Gasteiger charge is -2.04. The van der Waals surface area contributed by atoms with Gasteiger partial charge < -0.3 is 0 Å². The first kappa shape index (κ1) is 14.0. The minimum absolute atomic E-state index is 0.108. The second kappa shape index (κ2) is 5.48. The molecule has 94 valence electrons. The third-order valence-corrected chi connectivity index (χ3v) is 2.77. The van der Waals surface area contributed by atoms with Gasteiger partial charge in [0.2, 0.25) is 0 Å².